The van der Waals surface area contributed by atoms with E-state index >= 15 is 0 Å². The number of likely N-dealkylation sites (N-methyl/N-ethyl adjacent to an activating group) is 1. The van der Waals surface area contributed by atoms with E-state index in [0.29, 0.717) is 31.8 Å². The number of nitriles is 2. The third kappa shape index (κ3) is 5.31. The molecule has 2 N–H and O–H groups in total. The SMILES string of the molecule is CN(CC(N)C(=O)N1CCC[C@H]1C#N)C1CCN(Cc2cccc(C#N)c2)OC1. The zero-order valence-electron chi connectivity index (χ0n) is 16.8. The van der Waals surface area contributed by atoms with Crippen molar-refractivity contribution in [3.05, 3.63) is 35.4 Å². The smallest absolute Gasteiger partial charge is 0.241 e. The van der Waals surface area contributed by atoms with Gasteiger partial charge in [-0.05, 0) is 44.0 Å². The van der Waals surface area contributed by atoms with Crippen LogP contribution in [0.5, 0.6) is 0 Å². The van der Waals surface area contributed by atoms with E-state index in [4.69, 9.17) is 15.8 Å². The number of carbonyl (C=O) groups is 1. The van der Waals surface area contributed by atoms with E-state index in [2.05, 4.69) is 17.0 Å². The van der Waals surface area contributed by atoms with Crippen LogP contribution in [-0.2, 0) is 16.2 Å². The Kier molecular flexibility index (Phi) is 7.18. The molecule has 29 heavy (non-hydrogen) atoms. The number of amides is 1. The van der Waals surface area contributed by atoms with Crippen molar-refractivity contribution >= 4 is 5.91 Å². The summed E-state index contributed by atoms with van der Waals surface area (Å²) < 4.78 is 0. The minimum atomic E-state index is -0.638. The van der Waals surface area contributed by atoms with Crippen molar-refractivity contribution in [1.82, 2.24) is 14.9 Å². The zero-order valence-corrected chi connectivity index (χ0v) is 16.8. The summed E-state index contributed by atoms with van der Waals surface area (Å²) in [6.07, 6.45) is 2.49. The highest BCUT2D eigenvalue weighted by Crippen LogP contribution is 2.19. The first kappa shape index (κ1) is 21.2. The highest BCUT2D eigenvalue weighted by Gasteiger charge is 2.33. The monoisotopic (exact) mass is 396 g/mol. The Hall–Kier alpha value is -2.49. The number of hydroxylamine groups is 2. The van der Waals surface area contributed by atoms with Gasteiger partial charge in [0.15, 0.2) is 0 Å². The maximum atomic E-state index is 12.6. The summed E-state index contributed by atoms with van der Waals surface area (Å²) >= 11 is 0. The Morgan fingerprint density at radius 1 is 1.38 bits per heavy atom. The van der Waals surface area contributed by atoms with Gasteiger partial charge in [0.2, 0.25) is 5.91 Å². The molecule has 3 atom stereocenters. The van der Waals surface area contributed by atoms with Gasteiger partial charge in [-0.2, -0.15) is 15.6 Å². The molecule has 2 aliphatic heterocycles. The first-order chi connectivity index (χ1) is 14.0. The van der Waals surface area contributed by atoms with Crippen molar-refractivity contribution in [3.8, 4) is 12.1 Å². The zero-order chi connectivity index (χ0) is 20.8. The predicted octanol–water partition coefficient (Wildman–Crippen LogP) is 0.838. The normalized spacial score (nSPS) is 23.6. The highest BCUT2D eigenvalue weighted by atomic mass is 16.7. The molecule has 2 fully saturated rings. The maximum Gasteiger partial charge on any atom is 0.241 e. The molecule has 0 spiro atoms. The molecule has 2 heterocycles. The Bertz CT molecular complexity index is 793. The molecule has 1 aromatic carbocycles. The number of rotatable bonds is 6. The first-order valence-corrected chi connectivity index (χ1v) is 10.0. The molecule has 2 unspecified atom stereocenters. The second kappa shape index (κ2) is 9.82. The Morgan fingerprint density at radius 2 is 2.21 bits per heavy atom. The largest absolute Gasteiger partial charge is 0.325 e. The molecule has 1 aromatic rings. The van der Waals surface area contributed by atoms with E-state index in [9.17, 15) is 10.1 Å². The van der Waals surface area contributed by atoms with Gasteiger partial charge < -0.3 is 10.6 Å². The summed E-state index contributed by atoms with van der Waals surface area (Å²) in [5.74, 6) is -0.142. The van der Waals surface area contributed by atoms with Crippen LogP contribution in [-0.4, -0.2) is 72.2 Å². The fourth-order valence-electron chi connectivity index (χ4n) is 3.96. The summed E-state index contributed by atoms with van der Waals surface area (Å²) in [6.45, 7) is 2.97. The van der Waals surface area contributed by atoms with Gasteiger partial charge >= 0.3 is 0 Å². The van der Waals surface area contributed by atoms with Crippen LogP contribution < -0.4 is 5.73 Å². The number of likely N-dealkylation sites (tertiary alicyclic amines) is 1. The third-order valence-electron chi connectivity index (χ3n) is 5.69. The maximum absolute atomic E-state index is 12.6. The van der Waals surface area contributed by atoms with Gasteiger partial charge in [0, 0.05) is 32.2 Å². The second-order valence-corrected chi connectivity index (χ2v) is 7.78. The Balaban J connectivity index is 1.46. The molecule has 2 aliphatic rings. The van der Waals surface area contributed by atoms with Crippen molar-refractivity contribution in [2.24, 2.45) is 5.73 Å². The van der Waals surface area contributed by atoms with Crippen molar-refractivity contribution < 1.29 is 9.63 Å². The van der Waals surface area contributed by atoms with Gasteiger partial charge in [-0.3, -0.25) is 14.5 Å². The van der Waals surface area contributed by atoms with Crippen molar-refractivity contribution in [1.29, 1.82) is 10.5 Å². The molecule has 0 radical (unpaired) electrons. The molecular weight excluding hydrogens is 368 g/mol. The van der Waals surface area contributed by atoms with Gasteiger partial charge in [-0.1, -0.05) is 12.1 Å². The van der Waals surface area contributed by atoms with Gasteiger partial charge in [-0.15, -0.1) is 0 Å². The lowest BCUT2D eigenvalue weighted by Crippen LogP contribution is -2.53. The average molecular weight is 396 g/mol. The molecule has 0 bridgehead atoms. The average Bonchev–Trinajstić information content (AvgIpc) is 3.22. The Labute approximate surface area is 172 Å². The molecule has 0 saturated carbocycles. The topological polar surface area (TPSA) is 110 Å². The van der Waals surface area contributed by atoms with Crippen molar-refractivity contribution in [3.63, 3.8) is 0 Å². The molecule has 0 aromatic heterocycles. The summed E-state index contributed by atoms with van der Waals surface area (Å²) in [5.41, 5.74) is 7.85. The molecule has 3 rings (SSSR count). The van der Waals surface area contributed by atoms with Gasteiger partial charge in [0.05, 0.1) is 30.4 Å². The van der Waals surface area contributed by atoms with Crippen LogP contribution in [0.15, 0.2) is 24.3 Å². The predicted molar refractivity (Wildman–Crippen MR) is 107 cm³/mol. The van der Waals surface area contributed by atoms with Crippen LogP contribution in [0.3, 0.4) is 0 Å². The fourth-order valence-corrected chi connectivity index (χ4v) is 3.96. The van der Waals surface area contributed by atoms with Crippen molar-refractivity contribution in [2.75, 3.05) is 33.3 Å². The third-order valence-corrected chi connectivity index (χ3v) is 5.69. The number of benzene rings is 1. The molecule has 2 saturated heterocycles. The van der Waals surface area contributed by atoms with Crippen LogP contribution >= 0.6 is 0 Å². The second-order valence-electron chi connectivity index (χ2n) is 7.78. The standard InChI is InChI=1S/C21H28N6O2/c1-25(14-20(24)21(28)27-8-3-6-18(27)12-23)19-7-9-26(29-15-19)13-17-5-2-4-16(10-17)11-22/h2,4-5,10,18-20H,3,6-9,13-15,24H2,1H3/t18-,19?,20?/m0/s1. The first-order valence-electron chi connectivity index (χ1n) is 10.0. The summed E-state index contributed by atoms with van der Waals surface area (Å²) in [6, 6.07) is 11.1. The van der Waals surface area contributed by atoms with Crippen LogP contribution in [0.4, 0.5) is 0 Å². The molecular formula is C21H28N6O2. The minimum absolute atomic E-state index is 0.142. The van der Waals surface area contributed by atoms with Crippen LogP contribution in [0, 0.1) is 22.7 Å². The fraction of sp³-hybridized carbons (Fsp3) is 0.571. The number of hydrogen-bond acceptors (Lipinski definition) is 7. The number of hydrogen-bond donors (Lipinski definition) is 1. The molecule has 8 nitrogen and oxygen atoms in total. The van der Waals surface area contributed by atoms with E-state index in [0.717, 1.165) is 31.4 Å². The lowest BCUT2D eigenvalue weighted by Gasteiger charge is -2.37. The minimum Gasteiger partial charge on any atom is -0.325 e. The van der Waals surface area contributed by atoms with E-state index in [-0.39, 0.29) is 18.0 Å². The quantitative estimate of drug-likeness (QED) is 0.759. The van der Waals surface area contributed by atoms with Gasteiger partial charge in [0.1, 0.15) is 6.04 Å². The van der Waals surface area contributed by atoms with Crippen LogP contribution in [0.1, 0.15) is 30.4 Å². The Morgan fingerprint density at radius 3 is 2.90 bits per heavy atom. The molecule has 154 valence electrons. The molecule has 8 heteroatoms. The van der Waals surface area contributed by atoms with Crippen LogP contribution in [0.2, 0.25) is 0 Å². The van der Waals surface area contributed by atoms with E-state index in [1.165, 1.54) is 0 Å². The lowest BCUT2D eigenvalue weighted by molar-refractivity contribution is -0.205. The molecule has 0 aliphatic carbocycles. The number of nitrogens with two attached hydrogens (primary N) is 1. The van der Waals surface area contributed by atoms with Crippen LogP contribution in [0.25, 0.3) is 0 Å². The van der Waals surface area contributed by atoms with Crippen molar-refractivity contribution in [2.45, 2.75) is 43.9 Å². The number of carbonyl (C=O) groups excluding carboxylic acids is 1. The highest BCUT2D eigenvalue weighted by molar-refractivity contribution is 5.82. The van der Waals surface area contributed by atoms with Gasteiger partial charge in [-0.25, -0.2) is 0 Å². The molecule has 1 amide bonds. The summed E-state index contributed by atoms with van der Waals surface area (Å²) in [7, 11) is 1.96. The van der Waals surface area contributed by atoms with E-state index < -0.39 is 6.04 Å². The lowest BCUT2D eigenvalue weighted by atomic mass is 10.1. The summed E-state index contributed by atoms with van der Waals surface area (Å²) in [4.78, 5) is 22.2. The number of nitrogens with zero attached hydrogens (tertiary/aromatic N) is 5. The van der Waals surface area contributed by atoms with E-state index in [1.807, 2.05) is 30.3 Å². The van der Waals surface area contributed by atoms with E-state index in [1.54, 1.807) is 11.0 Å². The van der Waals surface area contributed by atoms with Gasteiger partial charge in [0.25, 0.3) is 0 Å². The summed E-state index contributed by atoms with van der Waals surface area (Å²) in [5, 5.41) is 20.1.